The summed E-state index contributed by atoms with van der Waals surface area (Å²) >= 11 is 1.60. The summed E-state index contributed by atoms with van der Waals surface area (Å²) in [5, 5.41) is 18.5. The molecule has 1 spiro atoms. The van der Waals surface area contributed by atoms with Crippen molar-refractivity contribution < 1.29 is 24.2 Å². The highest BCUT2D eigenvalue weighted by atomic mass is 32.1. The first-order valence-corrected chi connectivity index (χ1v) is 30.2. The van der Waals surface area contributed by atoms with Gasteiger partial charge in [-0.05, 0) is 148 Å². The molecule has 4 aliphatic heterocycles. The molecular weight excluding hydrogens is 997 g/mol. The average molecular weight is 1080 g/mol. The first-order chi connectivity index (χ1) is 37.5. The standard InChI is InChI=1S/C63H80N8O6S/c1-40-10-9-11-49-52(40)56(74)67-58-63(20-7-6-8-21-63)47-17-16-45(34-50(47)71(49)58)42-18-28-69(29-19-42)38-61-22-25-62(26-23-61,27-24-61)59(76)66-54(60(3,4)5)57(75)70-36-46(72)35-51(70)55(73)65-48(37-68-30-32-77-33-31-68)43-12-14-44(15-13-43)53-41(2)64-39-78-53/h9-17,34,39,42,46,48,51,54,72H,6-8,18-33,35-38H2,1-5H3,(H,65,73)(H,66,76)/t46-,48+,51+,54-,61?,62?/m1/s1. The van der Waals surface area contributed by atoms with Crippen LogP contribution in [-0.4, -0.2) is 129 Å². The number of nitrogens with one attached hydrogen (secondary N) is 2. The minimum absolute atomic E-state index is 0.0297. The van der Waals surface area contributed by atoms with Crippen LogP contribution in [-0.2, 0) is 24.5 Å². The van der Waals surface area contributed by atoms with E-state index in [1.165, 1.54) is 28.1 Å². The van der Waals surface area contributed by atoms with Crippen molar-refractivity contribution in [3.05, 3.63) is 110 Å². The van der Waals surface area contributed by atoms with E-state index in [9.17, 15) is 24.3 Å². The predicted octanol–water partition coefficient (Wildman–Crippen LogP) is 8.89. The zero-order valence-electron chi connectivity index (χ0n) is 46.6. The van der Waals surface area contributed by atoms with Crippen LogP contribution in [0, 0.1) is 30.1 Å². The van der Waals surface area contributed by atoms with Crippen molar-refractivity contribution in [1.82, 2.24) is 39.9 Å². The Morgan fingerprint density at radius 3 is 2.26 bits per heavy atom. The van der Waals surface area contributed by atoms with Gasteiger partial charge in [-0.3, -0.25) is 28.6 Å². The maximum atomic E-state index is 14.9. The van der Waals surface area contributed by atoms with Crippen LogP contribution in [0.4, 0.5) is 0 Å². The molecule has 4 aliphatic carbocycles. The van der Waals surface area contributed by atoms with Crippen molar-refractivity contribution >= 4 is 40.0 Å². The van der Waals surface area contributed by atoms with Crippen LogP contribution in [0.15, 0.2) is 71.0 Å². The van der Waals surface area contributed by atoms with E-state index in [2.05, 4.69) is 84.6 Å². The number of aromatic nitrogens is 3. The fourth-order valence-electron chi connectivity index (χ4n) is 15.3. The van der Waals surface area contributed by atoms with Crippen LogP contribution in [0.5, 0.6) is 0 Å². The van der Waals surface area contributed by atoms with Crippen molar-refractivity contribution in [2.45, 2.75) is 160 Å². The molecule has 4 saturated carbocycles. The van der Waals surface area contributed by atoms with Gasteiger partial charge in [-0.25, -0.2) is 4.98 Å². The topological polar surface area (TPSA) is 162 Å². The van der Waals surface area contributed by atoms with Gasteiger partial charge >= 0.3 is 0 Å². The third-order valence-corrected chi connectivity index (χ3v) is 21.0. The van der Waals surface area contributed by atoms with Gasteiger partial charge in [-0.2, -0.15) is 4.98 Å². The van der Waals surface area contributed by atoms with Crippen LogP contribution in [0.1, 0.15) is 156 Å². The molecular formula is C63H80N8O6S. The molecule has 7 fully saturated rings. The van der Waals surface area contributed by atoms with Crippen molar-refractivity contribution in [1.29, 1.82) is 0 Å². The smallest absolute Gasteiger partial charge is 0.281 e. The van der Waals surface area contributed by atoms with Gasteiger partial charge in [-0.15, -0.1) is 11.3 Å². The molecule has 78 heavy (non-hydrogen) atoms. The molecule has 2 aromatic heterocycles. The largest absolute Gasteiger partial charge is 0.391 e. The highest BCUT2D eigenvalue weighted by Crippen LogP contribution is 2.58. The number of ether oxygens (including phenoxy) is 1. The minimum atomic E-state index is -0.885. The Morgan fingerprint density at radius 2 is 1.58 bits per heavy atom. The fraction of sp³-hybridized carbons (Fsp3) is 0.587. The lowest BCUT2D eigenvalue weighted by molar-refractivity contribution is -0.150. The van der Waals surface area contributed by atoms with Crippen LogP contribution >= 0.6 is 11.3 Å². The van der Waals surface area contributed by atoms with Crippen molar-refractivity contribution in [2.24, 2.45) is 16.2 Å². The normalized spacial score (nSPS) is 26.2. The Morgan fingerprint density at radius 1 is 0.859 bits per heavy atom. The molecule has 414 valence electrons. The van der Waals surface area contributed by atoms with E-state index < -0.39 is 29.0 Å². The first-order valence-electron chi connectivity index (χ1n) is 29.3. The second-order valence-corrected chi connectivity index (χ2v) is 26.7. The van der Waals surface area contributed by atoms with Gasteiger partial charge in [0.25, 0.3) is 5.56 Å². The summed E-state index contributed by atoms with van der Waals surface area (Å²) < 4.78 is 7.99. The number of hydrogen-bond acceptors (Lipinski definition) is 11. The molecule has 2 bridgehead atoms. The third kappa shape index (κ3) is 9.74. The first kappa shape index (κ1) is 53.3. The van der Waals surface area contributed by atoms with Gasteiger partial charge in [-0.1, -0.05) is 88.6 Å². The maximum absolute atomic E-state index is 14.9. The molecule has 8 aliphatic rings. The Bertz CT molecular complexity index is 3120. The molecule has 3 aromatic carbocycles. The molecule has 14 nitrogen and oxygen atoms in total. The Labute approximate surface area is 463 Å². The summed E-state index contributed by atoms with van der Waals surface area (Å²) in [4.78, 5) is 74.8. The maximum Gasteiger partial charge on any atom is 0.281 e. The number of likely N-dealkylation sites (tertiary alicyclic amines) is 2. The highest BCUT2D eigenvalue weighted by molar-refractivity contribution is 7.13. The van der Waals surface area contributed by atoms with E-state index in [1.807, 2.05) is 46.2 Å². The average Bonchev–Trinajstić information content (AvgIpc) is 4.24. The summed E-state index contributed by atoms with van der Waals surface area (Å²) in [6.07, 6.45) is 12.4. The molecule has 3 saturated heterocycles. The van der Waals surface area contributed by atoms with E-state index in [-0.39, 0.29) is 53.1 Å². The second kappa shape index (κ2) is 21.0. The molecule has 3 N–H and O–H groups in total. The summed E-state index contributed by atoms with van der Waals surface area (Å²) in [6.45, 7) is 16.4. The van der Waals surface area contributed by atoms with Gasteiger partial charge in [0.05, 0.1) is 63.4 Å². The predicted molar refractivity (Wildman–Crippen MR) is 305 cm³/mol. The molecule has 5 aromatic rings. The fourth-order valence-corrected chi connectivity index (χ4v) is 16.1. The molecule has 0 radical (unpaired) electrons. The highest BCUT2D eigenvalue weighted by Gasteiger charge is 2.55. The molecule has 4 atom stereocenters. The number of thiazole rings is 1. The van der Waals surface area contributed by atoms with E-state index in [0.717, 1.165) is 154 Å². The van der Waals surface area contributed by atoms with Crippen molar-refractivity contribution in [2.75, 3.05) is 59.0 Å². The SMILES string of the molecule is Cc1ncsc1-c1ccc([C@H](CN2CCOCC2)NC(=O)[C@@H]2C[C@@H](O)CN2C(=O)[C@@H](NC(=O)C23CCC(CN4CCC(c5ccc6c(c5)-n5c(nc(=O)c7c(C)cccc75)C65CCCCC5)CC4)(CC2)CC3)C(C)(C)C)cc1. The number of morpholine rings is 1. The number of fused-ring (bicyclic) bond motifs is 10. The summed E-state index contributed by atoms with van der Waals surface area (Å²) in [5.41, 5.74) is 9.45. The molecule has 15 heteroatoms. The minimum Gasteiger partial charge on any atom is -0.391 e. The summed E-state index contributed by atoms with van der Waals surface area (Å²) in [6, 6.07) is 19.6. The van der Waals surface area contributed by atoms with Crippen LogP contribution in [0.3, 0.4) is 0 Å². The summed E-state index contributed by atoms with van der Waals surface area (Å²) in [5.74, 6) is 0.722. The number of rotatable bonds is 12. The van der Waals surface area contributed by atoms with Gasteiger partial charge in [0.1, 0.15) is 17.9 Å². The monoisotopic (exact) mass is 1080 g/mol. The third-order valence-electron chi connectivity index (χ3n) is 20.0. The van der Waals surface area contributed by atoms with Crippen LogP contribution in [0.25, 0.3) is 27.0 Å². The quantitative estimate of drug-likeness (QED) is 0.110. The molecule has 3 amide bonds. The summed E-state index contributed by atoms with van der Waals surface area (Å²) in [7, 11) is 0. The molecule has 6 heterocycles. The number of hydrogen-bond donors (Lipinski definition) is 3. The number of carbonyl (C=O) groups is 3. The Balaban J connectivity index is 0.686. The molecule has 0 unspecified atom stereocenters. The van der Waals surface area contributed by atoms with Crippen molar-refractivity contribution in [3.63, 3.8) is 0 Å². The number of aliphatic hydroxyl groups is 1. The number of benzene rings is 3. The van der Waals surface area contributed by atoms with E-state index >= 15 is 0 Å². The van der Waals surface area contributed by atoms with Gasteiger partial charge in [0, 0.05) is 44.6 Å². The Hall–Kier alpha value is -5.32. The molecule has 13 rings (SSSR count). The Kier molecular flexibility index (Phi) is 14.3. The number of aliphatic hydroxyl groups excluding tert-OH is 1. The zero-order valence-corrected chi connectivity index (χ0v) is 47.4. The van der Waals surface area contributed by atoms with E-state index in [4.69, 9.17) is 9.72 Å². The number of amides is 3. The van der Waals surface area contributed by atoms with Gasteiger partial charge < -0.3 is 30.3 Å². The lowest BCUT2D eigenvalue weighted by Gasteiger charge is -2.54. The number of nitrogens with zero attached hydrogens (tertiary/aromatic N) is 6. The van der Waals surface area contributed by atoms with Gasteiger partial charge in [0.15, 0.2) is 0 Å². The van der Waals surface area contributed by atoms with Crippen LogP contribution in [0.2, 0.25) is 0 Å². The van der Waals surface area contributed by atoms with Crippen LogP contribution < -0.4 is 16.2 Å². The van der Waals surface area contributed by atoms with E-state index in [0.29, 0.717) is 25.7 Å². The second-order valence-electron chi connectivity index (χ2n) is 25.8. The van der Waals surface area contributed by atoms with Crippen molar-refractivity contribution in [3.8, 4) is 16.1 Å². The lowest BCUT2D eigenvalue weighted by atomic mass is 9.53. The number of aryl methyl sites for hydroxylation is 2. The van der Waals surface area contributed by atoms with Gasteiger partial charge in [0.2, 0.25) is 17.7 Å². The zero-order chi connectivity index (χ0) is 54.1. The number of β-amino-alcohol motifs (C(OH)–C–C–N with tert-alkyl or cyclic N) is 1. The number of piperidine rings is 1. The number of carbonyl (C=O) groups excluding carboxylic acids is 3. The van der Waals surface area contributed by atoms with E-state index in [1.54, 1.807) is 11.3 Å². The lowest BCUT2D eigenvalue weighted by Crippen LogP contribution is -2.61.